The summed E-state index contributed by atoms with van der Waals surface area (Å²) in [5.41, 5.74) is 1.15. The van der Waals surface area contributed by atoms with Gasteiger partial charge in [0.2, 0.25) is 5.88 Å². The van der Waals surface area contributed by atoms with Crippen LogP contribution < -0.4 is 10.1 Å². The Bertz CT molecular complexity index is 348. The van der Waals surface area contributed by atoms with E-state index in [4.69, 9.17) is 4.74 Å². The lowest BCUT2D eigenvalue weighted by atomic mass is 10.2. The summed E-state index contributed by atoms with van der Waals surface area (Å²) in [5, 5.41) is 3.47. The molecule has 0 unspecified atom stereocenters. The van der Waals surface area contributed by atoms with Gasteiger partial charge < -0.3 is 10.1 Å². The molecule has 17 heavy (non-hydrogen) atoms. The Labute approximate surface area is 104 Å². The molecule has 0 radical (unpaired) electrons. The van der Waals surface area contributed by atoms with Gasteiger partial charge >= 0.3 is 0 Å². The van der Waals surface area contributed by atoms with Crippen LogP contribution in [-0.4, -0.2) is 17.6 Å². The second-order valence-electron chi connectivity index (χ2n) is 5.04. The summed E-state index contributed by atoms with van der Waals surface area (Å²) in [6, 6.07) is 4.04. The van der Waals surface area contributed by atoms with E-state index in [0.717, 1.165) is 30.5 Å². The van der Waals surface area contributed by atoms with Crippen LogP contribution in [0.15, 0.2) is 18.3 Å². The van der Waals surface area contributed by atoms with Crippen LogP contribution in [0.25, 0.3) is 0 Å². The first-order valence-electron chi connectivity index (χ1n) is 6.57. The van der Waals surface area contributed by atoms with E-state index in [1.807, 2.05) is 19.9 Å². The number of ether oxygens (including phenoxy) is 1. The van der Waals surface area contributed by atoms with Crippen LogP contribution in [-0.2, 0) is 6.54 Å². The van der Waals surface area contributed by atoms with Gasteiger partial charge in [-0.1, -0.05) is 18.9 Å². The minimum atomic E-state index is 0.176. The number of pyridine rings is 1. The molecule has 1 aromatic heterocycles. The number of nitrogens with zero attached hydrogens (tertiary/aromatic N) is 1. The fraction of sp³-hybridized carbons (Fsp3) is 0.643. The van der Waals surface area contributed by atoms with Gasteiger partial charge in [0.15, 0.2) is 0 Å². The quantitative estimate of drug-likeness (QED) is 0.737. The average Bonchev–Trinajstić information content (AvgIpc) is 3.09. The molecule has 0 bridgehead atoms. The molecule has 1 saturated carbocycles. The maximum Gasteiger partial charge on any atom is 0.218 e. The molecule has 3 nitrogen and oxygen atoms in total. The third-order valence-corrected chi connectivity index (χ3v) is 2.94. The molecule has 1 N–H and O–H groups in total. The van der Waals surface area contributed by atoms with Gasteiger partial charge in [-0.15, -0.1) is 0 Å². The van der Waals surface area contributed by atoms with Crippen molar-refractivity contribution in [1.29, 1.82) is 0 Å². The highest BCUT2D eigenvalue weighted by atomic mass is 16.5. The molecule has 1 aliphatic carbocycles. The normalized spacial score (nSPS) is 15.2. The van der Waals surface area contributed by atoms with Crippen LogP contribution in [0.2, 0.25) is 0 Å². The molecule has 2 rings (SSSR count). The Morgan fingerprint density at radius 2 is 2.29 bits per heavy atom. The van der Waals surface area contributed by atoms with Gasteiger partial charge in [0.05, 0.1) is 6.10 Å². The zero-order chi connectivity index (χ0) is 12.1. The zero-order valence-corrected chi connectivity index (χ0v) is 10.8. The Hall–Kier alpha value is -1.09. The van der Waals surface area contributed by atoms with Gasteiger partial charge in [-0.2, -0.15) is 0 Å². The summed E-state index contributed by atoms with van der Waals surface area (Å²) in [6.07, 6.45) is 6.12. The van der Waals surface area contributed by atoms with Gasteiger partial charge in [0.25, 0.3) is 0 Å². The Kier molecular flexibility index (Phi) is 4.37. The number of hydrogen-bond donors (Lipinski definition) is 1. The van der Waals surface area contributed by atoms with Crippen molar-refractivity contribution in [2.75, 3.05) is 6.54 Å². The number of nitrogens with one attached hydrogen (secondary N) is 1. The number of aromatic nitrogens is 1. The minimum Gasteiger partial charge on any atom is -0.475 e. The smallest absolute Gasteiger partial charge is 0.218 e. The first-order valence-corrected chi connectivity index (χ1v) is 6.57. The number of hydrogen-bond acceptors (Lipinski definition) is 3. The molecule has 0 aliphatic heterocycles. The summed E-state index contributed by atoms with van der Waals surface area (Å²) in [7, 11) is 0. The molecule has 0 atom stereocenters. The molecular weight excluding hydrogens is 212 g/mol. The molecule has 94 valence electrons. The molecule has 0 aromatic carbocycles. The first kappa shape index (κ1) is 12.4. The van der Waals surface area contributed by atoms with E-state index in [-0.39, 0.29) is 6.10 Å². The van der Waals surface area contributed by atoms with Crippen LogP contribution in [0.4, 0.5) is 0 Å². The lowest BCUT2D eigenvalue weighted by molar-refractivity contribution is 0.229. The van der Waals surface area contributed by atoms with Crippen molar-refractivity contribution < 1.29 is 4.74 Å². The van der Waals surface area contributed by atoms with Crippen LogP contribution in [0.1, 0.15) is 38.7 Å². The first-order chi connectivity index (χ1) is 8.25. The maximum atomic E-state index is 5.68. The van der Waals surface area contributed by atoms with Crippen molar-refractivity contribution in [2.24, 2.45) is 5.92 Å². The summed E-state index contributed by atoms with van der Waals surface area (Å²) >= 11 is 0. The van der Waals surface area contributed by atoms with Crippen molar-refractivity contribution in [2.45, 2.75) is 45.8 Å². The lowest BCUT2D eigenvalue weighted by Crippen LogP contribution is -2.17. The van der Waals surface area contributed by atoms with Crippen LogP contribution in [0.3, 0.4) is 0 Å². The molecule has 1 aromatic rings. The fourth-order valence-corrected chi connectivity index (χ4v) is 1.82. The molecule has 0 amide bonds. The predicted octanol–water partition coefficient (Wildman–Crippen LogP) is 2.76. The van der Waals surface area contributed by atoms with Crippen molar-refractivity contribution in [3.05, 3.63) is 23.9 Å². The van der Waals surface area contributed by atoms with Crippen molar-refractivity contribution in [1.82, 2.24) is 10.3 Å². The van der Waals surface area contributed by atoms with E-state index in [2.05, 4.69) is 16.4 Å². The third-order valence-electron chi connectivity index (χ3n) is 2.94. The Morgan fingerprint density at radius 3 is 3.00 bits per heavy atom. The monoisotopic (exact) mass is 234 g/mol. The van der Waals surface area contributed by atoms with Gasteiger partial charge in [0, 0.05) is 18.3 Å². The van der Waals surface area contributed by atoms with E-state index in [9.17, 15) is 0 Å². The molecule has 1 aliphatic rings. The second kappa shape index (κ2) is 6.01. The Balaban J connectivity index is 1.80. The average molecular weight is 234 g/mol. The third kappa shape index (κ3) is 4.35. The minimum absolute atomic E-state index is 0.176. The zero-order valence-electron chi connectivity index (χ0n) is 10.8. The highest BCUT2D eigenvalue weighted by molar-refractivity contribution is 5.25. The van der Waals surface area contributed by atoms with Crippen molar-refractivity contribution in [3.8, 4) is 5.88 Å². The second-order valence-corrected chi connectivity index (χ2v) is 5.04. The van der Waals surface area contributed by atoms with Gasteiger partial charge in [-0.05, 0) is 38.8 Å². The Morgan fingerprint density at radius 1 is 1.47 bits per heavy atom. The predicted molar refractivity (Wildman–Crippen MR) is 69.0 cm³/mol. The van der Waals surface area contributed by atoms with Gasteiger partial charge in [0.1, 0.15) is 0 Å². The summed E-state index contributed by atoms with van der Waals surface area (Å²) in [4.78, 5) is 4.28. The standard InChI is InChI=1S/C14H22N2O/c1-11(2)17-14-13(4-3-8-16-14)10-15-9-7-12-5-6-12/h3-4,8,11-12,15H,5-7,9-10H2,1-2H3. The number of rotatable bonds is 7. The molecule has 3 heteroatoms. The van der Waals surface area contributed by atoms with Crippen molar-refractivity contribution >= 4 is 0 Å². The van der Waals surface area contributed by atoms with E-state index in [0.29, 0.717) is 0 Å². The SMILES string of the molecule is CC(C)Oc1ncccc1CNCCC1CC1. The summed E-state index contributed by atoms with van der Waals surface area (Å²) in [5.74, 6) is 1.75. The van der Waals surface area contributed by atoms with E-state index >= 15 is 0 Å². The molecule has 0 saturated heterocycles. The highest BCUT2D eigenvalue weighted by Crippen LogP contribution is 2.31. The summed E-state index contributed by atoms with van der Waals surface area (Å²) in [6.45, 7) is 6.00. The molecule has 1 fully saturated rings. The lowest BCUT2D eigenvalue weighted by Gasteiger charge is -2.13. The van der Waals surface area contributed by atoms with Gasteiger partial charge in [-0.25, -0.2) is 4.98 Å². The van der Waals surface area contributed by atoms with Crippen LogP contribution >= 0.6 is 0 Å². The molecular formula is C14H22N2O. The van der Waals surface area contributed by atoms with E-state index in [1.54, 1.807) is 6.20 Å². The van der Waals surface area contributed by atoms with Crippen LogP contribution in [0.5, 0.6) is 5.88 Å². The molecule has 0 spiro atoms. The largest absolute Gasteiger partial charge is 0.475 e. The highest BCUT2D eigenvalue weighted by Gasteiger charge is 2.20. The molecule has 1 heterocycles. The van der Waals surface area contributed by atoms with Crippen LogP contribution in [0, 0.1) is 5.92 Å². The summed E-state index contributed by atoms with van der Waals surface area (Å²) < 4.78 is 5.68. The maximum absolute atomic E-state index is 5.68. The van der Waals surface area contributed by atoms with E-state index in [1.165, 1.54) is 19.3 Å². The van der Waals surface area contributed by atoms with E-state index < -0.39 is 0 Å². The topological polar surface area (TPSA) is 34.1 Å². The van der Waals surface area contributed by atoms with Gasteiger partial charge in [-0.3, -0.25) is 0 Å². The fourth-order valence-electron chi connectivity index (χ4n) is 1.82. The van der Waals surface area contributed by atoms with Crippen molar-refractivity contribution in [3.63, 3.8) is 0 Å².